The lowest BCUT2D eigenvalue weighted by Gasteiger charge is -2.17. The fourth-order valence-corrected chi connectivity index (χ4v) is 4.89. The van der Waals surface area contributed by atoms with E-state index in [0.717, 1.165) is 22.6 Å². The molecule has 5 rings (SSSR count). The quantitative estimate of drug-likeness (QED) is 0.210. The van der Waals surface area contributed by atoms with Gasteiger partial charge < -0.3 is 5.32 Å². The summed E-state index contributed by atoms with van der Waals surface area (Å²) in [5.41, 5.74) is 4.43. The van der Waals surface area contributed by atoms with Gasteiger partial charge in [0.15, 0.2) is 0 Å². The number of fused-ring (bicyclic) bond motifs is 1. The second-order valence-electron chi connectivity index (χ2n) is 7.51. The molecule has 4 aromatic rings. The Balaban J connectivity index is 1.63. The van der Waals surface area contributed by atoms with Gasteiger partial charge in [-0.25, -0.2) is 9.55 Å². The van der Waals surface area contributed by atoms with Gasteiger partial charge in [-0.3, -0.25) is 4.79 Å². The molecular formula is C27H21N3OS2. The van der Waals surface area contributed by atoms with Crippen LogP contribution < -0.4 is 10.9 Å². The van der Waals surface area contributed by atoms with Crippen molar-refractivity contribution in [2.45, 2.75) is 10.8 Å². The Labute approximate surface area is 202 Å². The van der Waals surface area contributed by atoms with Crippen LogP contribution in [0.1, 0.15) is 16.7 Å². The van der Waals surface area contributed by atoms with Crippen molar-refractivity contribution in [3.63, 3.8) is 0 Å². The zero-order valence-corrected chi connectivity index (χ0v) is 19.4. The SMILES string of the molecule is O=c1cc(SCc2ccccc2)nc2n1C(c1ccccc1)=C(S)C=C(c1ccccc1)N2. The summed E-state index contributed by atoms with van der Waals surface area (Å²) in [5.74, 6) is 1.20. The molecule has 0 spiro atoms. The third-order valence-electron chi connectivity index (χ3n) is 5.25. The molecule has 1 aromatic heterocycles. The third kappa shape index (κ3) is 4.67. The van der Waals surface area contributed by atoms with Gasteiger partial charge in [0.2, 0.25) is 5.95 Å². The van der Waals surface area contributed by atoms with E-state index in [4.69, 9.17) is 17.6 Å². The molecule has 33 heavy (non-hydrogen) atoms. The summed E-state index contributed by atoms with van der Waals surface area (Å²) in [4.78, 5) is 18.9. The molecule has 4 nitrogen and oxygen atoms in total. The van der Waals surface area contributed by atoms with E-state index < -0.39 is 0 Å². The van der Waals surface area contributed by atoms with Crippen molar-refractivity contribution in [1.82, 2.24) is 9.55 Å². The van der Waals surface area contributed by atoms with E-state index in [1.165, 1.54) is 5.56 Å². The van der Waals surface area contributed by atoms with Gasteiger partial charge in [-0.2, -0.15) is 0 Å². The molecule has 0 amide bonds. The van der Waals surface area contributed by atoms with Crippen molar-refractivity contribution in [3.05, 3.63) is 135 Å². The molecule has 3 aromatic carbocycles. The summed E-state index contributed by atoms with van der Waals surface area (Å²) < 4.78 is 1.61. The van der Waals surface area contributed by atoms with E-state index in [1.807, 2.05) is 84.9 Å². The molecule has 0 saturated carbocycles. The highest BCUT2D eigenvalue weighted by molar-refractivity contribution is 7.98. The summed E-state index contributed by atoms with van der Waals surface area (Å²) in [6.45, 7) is 0. The second kappa shape index (κ2) is 9.57. The van der Waals surface area contributed by atoms with Gasteiger partial charge in [0.25, 0.3) is 5.56 Å². The number of hydrogen-bond donors (Lipinski definition) is 2. The number of hydrogen-bond acceptors (Lipinski definition) is 5. The van der Waals surface area contributed by atoms with Crippen LogP contribution in [-0.4, -0.2) is 9.55 Å². The van der Waals surface area contributed by atoms with Crippen LogP contribution in [0.2, 0.25) is 0 Å². The molecule has 0 atom stereocenters. The fraction of sp³-hybridized carbons (Fsp3) is 0.0370. The Bertz CT molecular complexity index is 1400. The summed E-state index contributed by atoms with van der Waals surface area (Å²) >= 11 is 6.35. The summed E-state index contributed by atoms with van der Waals surface area (Å²) in [7, 11) is 0. The van der Waals surface area contributed by atoms with Gasteiger partial charge in [-0.1, -0.05) is 91.0 Å². The van der Waals surface area contributed by atoms with Crippen LogP contribution in [0.15, 0.2) is 118 Å². The highest BCUT2D eigenvalue weighted by Gasteiger charge is 2.21. The number of nitrogens with zero attached hydrogens (tertiary/aromatic N) is 2. The normalized spacial score (nSPS) is 13.1. The second-order valence-corrected chi connectivity index (χ2v) is 8.99. The molecule has 162 valence electrons. The standard InChI is InChI=1S/C27H21N3OS2/c31-25-17-24(33-18-19-10-4-1-5-11-19)29-27-28-22(20-12-6-2-7-13-20)16-23(32)26(30(25)27)21-14-8-3-9-15-21/h1-17,32H,18H2,(H,28,29). The minimum Gasteiger partial charge on any atom is -0.325 e. The molecule has 0 fully saturated rings. The van der Waals surface area contributed by atoms with Crippen molar-refractivity contribution in [2.24, 2.45) is 0 Å². The molecule has 0 bridgehead atoms. The van der Waals surface area contributed by atoms with Crippen LogP contribution in [0.3, 0.4) is 0 Å². The highest BCUT2D eigenvalue weighted by Crippen LogP contribution is 2.33. The minimum atomic E-state index is -0.156. The van der Waals surface area contributed by atoms with Crippen molar-refractivity contribution in [1.29, 1.82) is 0 Å². The van der Waals surface area contributed by atoms with E-state index in [9.17, 15) is 4.79 Å². The Kier molecular flexibility index (Phi) is 6.19. The summed E-state index contributed by atoms with van der Waals surface area (Å²) in [6, 6.07) is 31.5. The van der Waals surface area contributed by atoms with Crippen LogP contribution in [0.5, 0.6) is 0 Å². The van der Waals surface area contributed by atoms with E-state index in [0.29, 0.717) is 21.6 Å². The Morgan fingerprint density at radius 3 is 2.12 bits per heavy atom. The average Bonchev–Trinajstić information content (AvgIpc) is 3.01. The molecule has 0 saturated heterocycles. The van der Waals surface area contributed by atoms with E-state index >= 15 is 0 Å². The van der Waals surface area contributed by atoms with E-state index in [-0.39, 0.29) is 5.56 Å². The van der Waals surface area contributed by atoms with Crippen LogP contribution in [0.25, 0.3) is 11.4 Å². The van der Waals surface area contributed by atoms with Crippen molar-refractivity contribution < 1.29 is 0 Å². The predicted molar refractivity (Wildman–Crippen MR) is 140 cm³/mol. The smallest absolute Gasteiger partial charge is 0.260 e. The molecule has 1 aliphatic heterocycles. The Morgan fingerprint density at radius 2 is 1.45 bits per heavy atom. The summed E-state index contributed by atoms with van der Waals surface area (Å²) in [5, 5.41) is 4.07. The summed E-state index contributed by atoms with van der Waals surface area (Å²) in [6.07, 6.45) is 1.95. The Hall–Kier alpha value is -3.48. The van der Waals surface area contributed by atoms with Crippen molar-refractivity contribution in [3.8, 4) is 0 Å². The molecule has 1 N–H and O–H groups in total. The van der Waals surface area contributed by atoms with Crippen molar-refractivity contribution >= 4 is 41.7 Å². The average molecular weight is 468 g/mol. The van der Waals surface area contributed by atoms with Crippen LogP contribution in [-0.2, 0) is 5.75 Å². The number of thiol groups is 1. The maximum Gasteiger partial charge on any atom is 0.260 e. The fourth-order valence-electron chi connectivity index (χ4n) is 3.69. The van der Waals surface area contributed by atoms with Crippen molar-refractivity contribution in [2.75, 3.05) is 5.32 Å². The lowest BCUT2D eigenvalue weighted by Crippen LogP contribution is -2.23. The number of nitrogens with one attached hydrogen (secondary N) is 1. The maximum absolute atomic E-state index is 13.4. The van der Waals surface area contributed by atoms with Gasteiger partial charge in [0.05, 0.1) is 5.70 Å². The first-order chi connectivity index (χ1) is 16.2. The Morgan fingerprint density at radius 1 is 0.848 bits per heavy atom. The van der Waals surface area contributed by atoms with Gasteiger partial charge in [0.1, 0.15) is 5.03 Å². The zero-order chi connectivity index (χ0) is 22.6. The number of anilines is 1. The molecule has 6 heteroatoms. The molecule has 1 aliphatic rings. The first-order valence-corrected chi connectivity index (χ1v) is 12.0. The van der Waals surface area contributed by atoms with Gasteiger partial charge in [-0.15, -0.1) is 24.4 Å². The number of benzene rings is 3. The predicted octanol–water partition coefficient (Wildman–Crippen LogP) is 6.15. The van der Waals surface area contributed by atoms with Crippen LogP contribution in [0, 0.1) is 0 Å². The van der Waals surface area contributed by atoms with Gasteiger partial charge >= 0.3 is 0 Å². The minimum absolute atomic E-state index is 0.156. The number of allylic oxidation sites excluding steroid dienone is 1. The first-order valence-electron chi connectivity index (χ1n) is 10.5. The zero-order valence-electron chi connectivity index (χ0n) is 17.7. The van der Waals surface area contributed by atoms with Crippen LogP contribution in [0.4, 0.5) is 5.95 Å². The molecule has 0 unspecified atom stereocenters. The highest BCUT2D eigenvalue weighted by atomic mass is 32.2. The molecular weight excluding hydrogens is 446 g/mol. The largest absolute Gasteiger partial charge is 0.325 e. The third-order valence-corrected chi connectivity index (χ3v) is 6.57. The lowest BCUT2D eigenvalue weighted by atomic mass is 10.1. The topological polar surface area (TPSA) is 46.9 Å². The van der Waals surface area contributed by atoms with Crippen LogP contribution >= 0.6 is 24.4 Å². The maximum atomic E-state index is 13.4. The molecule has 0 radical (unpaired) electrons. The van der Waals surface area contributed by atoms with Gasteiger partial charge in [-0.05, 0) is 22.8 Å². The number of rotatable bonds is 5. The monoisotopic (exact) mass is 467 g/mol. The van der Waals surface area contributed by atoms with E-state index in [2.05, 4.69) is 17.4 Å². The molecule has 0 aliphatic carbocycles. The number of aromatic nitrogens is 2. The van der Waals surface area contributed by atoms with E-state index in [1.54, 1.807) is 22.4 Å². The molecule has 2 heterocycles. The first kappa shape index (κ1) is 21.4. The van der Waals surface area contributed by atoms with Gasteiger partial charge in [0, 0.05) is 22.4 Å². The number of thioether (sulfide) groups is 1. The lowest BCUT2D eigenvalue weighted by molar-refractivity contribution is 0.923.